The summed E-state index contributed by atoms with van der Waals surface area (Å²) in [6, 6.07) is 16.0. The smallest absolute Gasteiger partial charge is 0.311 e. The fourth-order valence-corrected chi connectivity index (χ4v) is 6.36. The number of halogens is 1. The number of nitrogens with zero attached hydrogens (tertiary/aromatic N) is 5. The van der Waals surface area contributed by atoms with Crippen LogP contribution in [0, 0.1) is 0 Å². The molecule has 5 rings (SSSR count). The first-order valence-electron chi connectivity index (χ1n) is 11.3. The highest BCUT2D eigenvalue weighted by molar-refractivity contribution is 8.00. The predicted molar refractivity (Wildman–Crippen MR) is 136 cm³/mol. The lowest BCUT2D eigenvalue weighted by Crippen LogP contribution is -2.13. The molecule has 0 saturated carbocycles. The van der Waals surface area contributed by atoms with E-state index in [-0.39, 0.29) is 16.9 Å². The van der Waals surface area contributed by atoms with Gasteiger partial charge in [-0.15, -0.1) is 16.9 Å². The maximum absolute atomic E-state index is 11.2. The Morgan fingerprint density at radius 3 is 2.78 bits per heavy atom. The van der Waals surface area contributed by atoms with Crippen molar-refractivity contribution in [2.75, 3.05) is 14.2 Å². The van der Waals surface area contributed by atoms with E-state index in [0.717, 1.165) is 22.5 Å². The summed E-state index contributed by atoms with van der Waals surface area (Å²) in [4.78, 5) is 11.2. The van der Waals surface area contributed by atoms with Crippen LogP contribution in [-0.4, -0.2) is 50.1 Å². The molecule has 4 aromatic rings. The van der Waals surface area contributed by atoms with Crippen LogP contribution in [0.25, 0.3) is 5.69 Å². The molecular formula is C25H24ClN5O4S. The number of carbonyl (C=O) groups is 1. The third-order valence-electron chi connectivity index (χ3n) is 6.18. The minimum atomic E-state index is -0.971. The number of aromatic nitrogens is 5. The van der Waals surface area contributed by atoms with Crippen molar-refractivity contribution in [3.8, 4) is 17.2 Å². The highest BCUT2D eigenvalue weighted by Gasteiger charge is 2.33. The number of rotatable bonds is 8. The van der Waals surface area contributed by atoms with Crippen LogP contribution in [0.5, 0.6) is 11.5 Å². The molecule has 0 unspecified atom stereocenters. The van der Waals surface area contributed by atoms with Gasteiger partial charge in [-0.3, -0.25) is 4.79 Å². The van der Waals surface area contributed by atoms with Gasteiger partial charge in [-0.25, -0.2) is 4.68 Å². The molecule has 0 bridgehead atoms. The van der Waals surface area contributed by atoms with Gasteiger partial charge in [-0.2, -0.15) is 0 Å². The summed E-state index contributed by atoms with van der Waals surface area (Å²) in [5.74, 6) is 0.698. The number of aryl methyl sites for hydroxylation is 1. The summed E-state index contributed by atoms with van der Waals surface area (Å²) < 4.78 is 15.2. The van der Waals surface area contributed by atoms with Crippen molar-refractivity contribution in [3.05, 3.63) is 82.4 Å². The second-order valence-corrected chi connectivity index (χ2v) is 10.0. The van der Waals surface area contributed by atoms with E-state index in [4.69, 9.17) is 21.1 Å². The Balaban J connectivity index is 1.58. The summed E-state index contributed by atoms with van der Waals surface area (Å²) in [7, 11) is 3.27. The van der Waals surface area contributed by atoms with Gasteiger partial charge in [0.25, 0.3) is 0 Å². The normalized spacial score (nSPS) is 16.6. The number of fused-ring (bicyclic) bond motifs is 3. The first-order valence-corrected chi connectivity index (χ1v) is 12.6. The molecule has 0 amide bonds. The lowest BCUT2D eigenvalue weighted by molar-refractivity contribution is -0.136. The highest BCUT2D eigenvalue weighted by atomic mass is 35.5. The van der Waals surface area contributed by atoms with Gasteiger partial charge < -0.3 is 19.1 Å². The Kier molecular flexibility index (Phi) is 6.88. The first-order chi connectivity index (χ1) is 17.5. The zero-order valence-electron chi connectivity index (χ0n) is 19.7. The number of methoxy groups -OCH3 is 2. The minimum Gasteiger partial charge on any atom is -0.493 e. The van der Waals surface area contributed by atoms with Gasteiger partial charge in [-0.1, -0.05) is 23.7 Å². The molecule has 2 aromatic heterocycles. The molecule has 0 spiro atoms. The molecule has 186 valence electrons. The average Bonchev–Trinajstić information content (AvgIpc) is 3.50. The van der Waals surface area contributed by atoms with Gasteiger partial charge in [0.2, 0.25) is 0 Å². The fourth-order valence-electron chi connectivity index (χ4n) is 4.61. The van der Waals surface area contributed by atoms with Crippen LogP contribution in [0.3, 0.4) is 0 Å². The molecule has 11 heteroatoms. The van der Waals surface area contributed by atoms with Crippen LogP contribution in [0.15, 0.2) is 54.7 Å². The van der Waals surface area contributed by atoms with Crippen LogP contribution in [-0.2, 0) is 17.8 Å². The Bertz CT molecular complexity index is 1400. The van der Waals surface area contributed by atoms with Gasteiger partial charge in [0.05, 0.1) is 25.2 Å². The lowest BCUT2D eigenvalue weighted by atomic mass is 10.0. The van der Waals surface area contributed by atoms with Crippen molar-refractivity contribution in [2.45, 2.75) is 29.9 Å². The SMILES string of the molecule is COc1cccc([C@H]2S[C@H](CCn3nnnc3CC(=O)O)c3cccn3-c3ccc(Cl)cc32)c1OC. The van der Waals surface area contributed by atoms with Crippen molar-refractivity contribution in [1.29, 1.82) is 0 Å². The van der Waals surface area contributed by atoms with E-state index in [1.807, 2.05) is 48.7 Å². The number of thioether (sulfide) groups is 1. The summed E-state index contributed by atoms with van der Waals surface area (Å²) in [5.41, 5.74) is 4.21. The highest BCUT2D eigenvalue weighted by Crippen LogP contribution is 2.54. The number of benzene rings is 2. The fraction of sp³-hybridized carbons (Fsp3) is 0.280. The maximum Gasteiger partial charge on any atom is 0.311 e. The predicted octanol–water partition coefficient (Wildman–Crippen LogP) is 4.73. The number of ether oxygens (including phenoxy) is 2. The largest absolute Gasteiger partial charge is 0.493 e. The Morgan fingerprint density at radius 1 is 1.14 bits per heavy atom. The number of hydrogen-bond acceptors (Lipinski definition) is 7. The molecule has 1 N–H and O–H groups in total. The van der Waals surface area contributed by atoms with Crippen LogP contribution in [0.4, 0.5) is 0 Å². The van der Waals surface area contributed by atoms with E-state index >= 15 is 0 Å². The van der Waals surface area contributed by atoms with Gasteiger partial charge in [0.1, 0.15) is 6.42 Å². The zero-order chi connectivity index (χ0) is 25.2. The molecule has 0 aliphatic carbocycles. The Labute approximate surface area is 217 Å². The number of carboxylic acid groups (broad SMARTS) is 1. The van der Waals surface area contributed by atoms with Crippen LogP contribution in [0.2, 0.25) is 5.02 Å². The first kappa shape index (κ1) is 24.2. The van der Waals surface area contributed by atoms with Crippen molar-refractivity contribution in [2.24, 2.45) is 0 Å². The molecule has 1 aliphatic rings. The standard InChI is InChI=1S/C25H24ClN5O4S/c1-34-20-7-3-5-16(24(20)35-2)25-17-13-15(26)8-9-18(17)30-11-4-6-19(30)21(36-25)10-12-31-22(14-23(32)33)27-28-29-31/h3-9,11,13,21,25H,10,12,14H2,1-2H3,(H,32,33)/t21-,25-/m1/s1. The number of para-hydroxylation sites is 1. The van der Waals surface area contributed by atoms with Crippen molar-refractivity contribution >= 4 is 29.3 Å². The van der Waals surface area contributed by atoms with E-state index in [9.17, 15) is 9.90 Å². The minimum absolute atomic E-state index is 0.0361. The Hall–Kier alpha value is -3.50. The van der Waals surface area contributed by atoms with E-state index in [1.165, 1.54) is 0 Å². The molecule has 0 fully saturated rings. The molecule has 1 aliphatic heterocycles. The van der Waals surface area contributed by atoms with Crippen molar-refractivity contribution in [3.63, 3.8) is 0 Å². The molecule has 9 nitrogen and oxygen atoms in total. The summed E-state index contributed by atoms with van der Waals surface area (Å²) in [6.45, 7) is 0.470. The second kappa shape index (κ2) is 10.2. The van der Waals surface area contributed by atoms with E-state index in [0.29, 0.717) is 35.3 Å². The monoisotopic (exact) mass is 525 g/mol. The van der Waals surface area contributed by atoms with Crippen LogP contribution < -0.4 is 9.47 Å². The Morgan fingerprint density at radius 2 is 2.00 bits per heavy atom. The number of carboxylic acids is 1. The third-order valence-corrected chi connectivity index (χ3v) is 8.00. The van der Waals surface area contributed by atoms with E-state index < -0.39 is 5.97 Å². The van der Waals surface area contributed by atoms with E-state index in [1.54, 1.807) is 30.7 Å². The average molecular weight is 526 g/mol. The quantitative estimate of drug-likeness (QED) is 0.352. The number of hydrogen-bond donors (Lipinski definition) is 1. The number of aliphatic carboxylic acids is 1. The second-order valence-electron chi connectivity index (χ2n) is 8.27. The molecule has 0 radical (unpaired) electrons. The third kappa shape index (κ3) is 4.54. The maximum atomic E-state index is 11.2. The zero-order valence-corrected chi connectivity index (χ0v) is 21.2. The van der Waals surface area contributed by atoms with Gasteiger partial charge in [0, 0.05) is 34.3 Å². The molecule has 36 heavy (non-hydrogen) atoms. The molecule has 2 aromatic carbocycles. The number of tetrazole rings is 1. The van der Waals surface area contributed by atoms with Gasteiger partial charge >= 0.3 is 5.97 Å². The topological polar surface area (TPSA) is 104 Å². The van der Waals surface area contributed by atoms with Crippen LogP contribution >= 0.6 is 23.4 Å². The summed E-state index contributed by atoms with van der Waals surface area (Å²) in [6.07, 6.45) is 2.50. The summed E-state index contributed by atoms with van der Waals surface area (Å²) in [5, 5.41) is 21.4. The molecule has 2 atom stereocenters. The van der Waals surface area contributed by atoms with E-state index in [2.05, 4.69) is 26.2 Å². The van der Waals surface area contributed by atoms with Crippen molar-refractivity contribution in [1.82, 2.24) is 24.8 Å². The lowest BCUT2D eigenvalue weighted by Gasteiger charge is -2.24. The van der Waals surface area contributed by atoms with Gasteiger partial charge in [-0.05, 0) is 58.8 Å². The van der Waals surface area contributed by atoms with Crippen LogP contribution in [0.1, 0.15) is 39.6 Å². The summed E-state index contributed by atoms with van der Waals surface area (Å²) >= 11 is 8.27. The van der Waals surface area contributed by atoms with Crippen molar-refractivity contribution < 1.29 is 19.4 Å². The molecular weight excluding hydrogens is 502 g/mol. The molecule has 3 heterocycles. The van der Waals surface area contributed by atoms with Gasteiger partial charge in [0.15, 0.2) is 17.3 Å². The molecule has 0 saturated heterocycles.